The first kappa shape index (κ1) is 32.8. The molecule has 0 unspecified atom stereocenters. The minimum atomic E-state index is -1.09. The lowest BCUT2D eigenvalue weighted by Crippen LogP contribution is -2.46. The number of ether oxygens (including phenoxy) is 1. The van der Waals surface area contributed by atoms with Crippen LogP contribution in [0.5, 0.6) is 11.5 Å². The van der Waals surface area contributed by atoms with E-state index >= 15 is 0 Å². The molecule has 3 aliphatic rings. The molecule has 1 aliphatic carbocycles. The van der Waals surface area contributed by atoms with Crippen LogP contribution in [-0.2, 0) is 14.2 Å². The molecule has 2 heterocycles. The van der Waals surface area contributed by atoms with Crippen molar-refractivity contribution in [3.8, 4) is 11.5 Å². The number of imide groups is 1. The maximum absolute atomic E-state index is 14.2. The van der Waals surface area contributed by atoms with Crippen molar-refractivity contribution < 1.29 is 29.1 Å². The van der Waals surface area contributed by atoms with E-state index in [0.717, 1.165) is 38.6 Å². The molecular weight excluding hydrogens is 637 g/mol. The van der Waals surface area contributed by atoms with Gasteiger partial charge < -0.3 is 19.5 Å². The number of fused-ring (bicyclic) bond motifs is 4. The third-order valence-corrected chi connectivity index (χ3v) is 10.6. The third kappa shape index (κ3) is 6.37. The molecule has 8 heteroatoms. The van der Waals surface area contributed by atoms with E-state index in [1.165, 1.54) is 4.90 Å². The minimum absolute atomic E-state index is 0.208. The van der Waals surface area contributed by atoms with Crippen LogP contribution in [0.25, 0.3) is 22.4 Å². The second kappa shape index (κ2) is 14.1. The third-order valence-electron chi connectivity index (χ3n) is 10.6. The molecular formula is C43H38BNO6. The molecule has 0 saturated carbocycles. The Kier molecular flexibility index (Phi) is 9.03. The number of benzene rings is 5. The zero-order chi connectivity index (χ0) is 34.9. The summed E-state index contributed by atoms with van der Waals surface area (Å²) in [6.07, 6.45) is 3.42. The van der Waals surface area contributed by atoms with E-state index in [4.69, 9.17) is 9.39 Å². The molecule has 254 valence electrons. The molecule has 0 bridgehead atoms. The van der Waals surface area contributed by atoms with Crippen molar-refractivity contribution >= 4 is 47.0 Å². The normalized spacial score (nSPS) is 21.9. The summed E-state index contributed by atoms with van der Waals surface area (Å²) < 4.78 is 12.7. The minimum Gasteiger partial charge on any atom is -0.507 e. The van der Waals surface area contributed by atoms with Crippen molar-refractivity contribution in [2.24, 2.45) is 17.8 Å². The number of nitrogens with zero attached hydrogens (tertiary/aromatic N) is 1. The van der Waals surface area contributed by atoms with Gasteiger partial charge in [0.25, 0.3) is 0 Å². The molecule has 0 spiro atoms. The van der Waals surface area contributed by atoms with Crippen molar-refractivity contribution in [3.05, 3.63) is 150 Å². The number of allylic oxidation sites excluding steroid dienone is 1. The van der Waals surface area contributed by atoms with Gasteiger partial charge in [-0.05, 0) is 95.1 Å². The summed E-state index contributed by atoms with van der Waals surface area (Å²) >= 11 is 0. The van der Waals surface area contributed by atoms with E-state index in [0.29, 0.717) is 30.7 Å². The lowest BCUT2D eigenvalue weighted by Gasteiger charge is -2.43. The van der Waals surface area contributed by atoms with Crippen LogP contribution < -0.4 is 9.64 Å². The van der Waals surface area contributed by atoms with E-state index in [2.05, 4.69) is 18.2 Å². The number of carbonyl (C=O) groups is 2. The molecule has 2 amide bonds. The molecule has 51 heavy (non-hydrogen) atoms. The fourth-order valence-corrected chi connectivity index (χ4v) is 8.27. The SMILES string of the molecule is O=C1[C@@H]2[C@@H](CC(COc3ccccc3)=C3[C@@H](CC/C(=C/c4ccc(O)c5ccccc45)c4ccccc4)OB(O)C[C@@H]32)C(=O)N1c1ccccc1. The molecule has 2 N–H and O–H groups in total. The highest BCUT2D eigenvalue weighted by Crippen LogP contribution is 2.51. The van der Waals surface area contributed by atoms with Crippen LogP contribution in [0.2, 0.25) is 6.32 Å². The van der Waals surface area contributed by atoms with Crippen LogP contribution in [0.3, 0.4) is 0 Å². The highest BCUT2D eigenvalue weighted by atomic mass is 16.5. The maximum Gasteiger partial charge on any atom is 0.455 e. The number of phenols is 1. The molecule has 0 radical (unpaired) electrons. The number of aromatic hydroxyl groups is 1. The Morgan fingerprint density at radius 1 is 0.804 bits per heavy atom. The molecule has 5 aromatic carbocycles. The Morgan fingerprint density at radius 3 is 2.22 bits per heavy atom. The number of anilines is 1. The largest absolute Gasteiger partial charge is 0.507 e. The Bertz CT molecular complexity index is 2130. The number of amides is 2. The summed E-state index contributed by atoms with van der Waals surface area (Å²) in [5.41, 5.74) is 5.60. The number of hydrogen-bond acceptors (Lipinski definition) is 6. The van der Waals surface area contributed by atoms with Gasteiger partial charge in [0.05, 0.1) is 23.6 Å². The van der Waals surface area contributed by atoms with E-state index < -0.39 is 25.1 Å². The fraction of sp³-hybridized carbons (Fsp3) is 0.209. The van der Waals surface area contributed by atoms with Gasteiger partial charge in [-0.25, -0.2) is 0 Å². The smallest absolute Gasteiger partial charge is 0.455 e. The van der Waals surface area contributed by atoms with Crippen molar-refractivity contribution in [1.82, 2.24) is 0 Å². The second-order valence-electron chi connectivity index (χ2n) is 13.6. The predicted octanol–water partition coefficient (Wildman–Crippen LogP) is 7.95. The van der Waals surface area contributed by atoms with Crippen LogP contribution in [0.1, 0.15) is 30.4 Å². The summed E-state index contributed by atoms with van der Waals surface area (Å²) in [5.74, 6) is -0.997. The van der Waals surface area contributed by atoms with Gasteiger partial charge in [0, 0.05) is 5.39 Å². The number of phenolic OH excluding ortho intramolecular Hbond substituents is 1. The number of hydrogen-bond donors (Lipinski definition) is 2. The topological polar surface area (TPSA) is 96.3 Å². The van der Waals surface area contributed by atoms with Gasteiger partial charge in [-0.1, -0.05) is 103 Å². The number of carbonyl (C=O) groups excluding carboxylic acids is 2. The van der Waals surface area contributed by atoms with Gasteiger partial charge in [-0.15, -0.1) is 0 Å². The van der Waals surface area contributed by atoms with Crippen LogP contribution in [0, 0.1) is 17.8 Å². The first-order chi connectivity index (χ1) is 25.0. The van der Waals surface area contributed by atoms with Crippen molar-refractivity contribution in [2.45, 2.75) is 31.7 Å². The fourth-order valence-electron chi connectivity index (χ4n) is 8.27. The Morgan fingerprint density at radius 2 is 1.47 bits per heavy atom. The molecule has 4 atom stereocenters. The molecule has 0 aromatic heterocycles. The lowest BCUT2D eigenvalue weighted by molar-refractivity contribution is -0.122. The van der Waals surface area contributed by atoms with E-state index in [1.54, 1.807) is 18.2 Å². The zero-order valence-electron chi connectivity index (χ0n) is 28.1. The molecule has 2 aliphatic heterocycles. The molecule has 8 rings (SSSR count). The quantitative estimate of drug-likeness (QED) is 0.0713. The second-order valence-corrected chi connectivity index (χ2v) is 13.6. The summed E-state index contributed by atoms with van der Waals surface area (Å²) in [7, 11) is -1.09. The molecule has 5 aromatic rings. The van der Waals surface area contributed by atoms with E-state index in [9.17, 15) is 19.7 Å². The van der Waals surface area contributed by atoms with Crippen LogP contribution >= 0.6 is 0 Å². The Balaban J connectivity index is 1.16. The predicted molar refractivity (Wildman–Crippen MR) is 200 cm³/mol. The molecule has 2 fully saturated rings. The first-order valence-corrected chi connectivity index (χ1v) is 17.6. The summed E-state index contributed by atoms with van der Waals surface area (Å²) in [6, 6.07) is 40.3. The monoisotopic (exact) mass is 675 g/mol. The van der Waals surface area contributed by atoms with Crippen molar-refractivity contribution in [1.29, 1.82) is 0 Å². The standard InChI is InChI=1S/C43H38BNO6/c46-38-22-20-30(34-18-10-11-19-35(34)38)24-29(28-12-4-1-5-13-28)21-23-39-40-31(27-50-33-16-8-3-9-17-33)25-36-41(37(40)26-44(49)51-39)43(48)45(42(36)47)32-14-6-2-7-15-32/h1-20,22,24,36-37,39,41,46,49H,21,23,25-27H2/b29-24-/t36-,37+,39-,41-/m1/s1. The highest BCUT2D eigenvalue weighted by molar-refractivity contribution is 6.43. The highest BCUT2D eigenvalue weighted by Gasteiger charge is 2.57. The lowest BCUT2D eigenvalue weighted by atomic mass is 9.58. The molecule has 7 nitrogen and oxygen atoms in total. The van der Waals surface area contributed by atoms with E-state index in [-0.39, 0.29) is 36.4 Å². The van der Waals surface area contributed by atoms with Gasteiger partial charge in [0.2, 0.25) is 11.8 Å². The summed E-state index contributed by atoms with van der Waals surface area (Å²) in [5, 5.41) is 23.5. The number of rotatable bonds is 9. The van der Waals surface area contributed by atoms with Gasteiger partial charge in [-0.2, -0.15) is 0 Å². The van der Waals surface area contributed by atoms with Gasteiger partial charge in [0.15, 0.2) is 0 Å². The molecule has 2 saturated heterocycles. The van der Waals surface area contributed by atoms with Gasteiger partial charge in [0.1, 0.15) is 18.1 Å². The Labute approximate surface area is 297 Å². The summed E-state index contributed by atoms with van der Waals surface area (Å²) in [6.45, 7) is 0.253. The summed E-state index contributed by atoms with van der Waals surface area (Å²) in [4.78, 5) is 29.5. The van der Waals surface area contributed by atoms with Gasteiger partial charge >= 0.3 is 7.12 Å². The maximum atomic E-state index is 14.2. The van der Waals surface area contributed by atoms with Crippen molar-refractivity contribution in [2.75, 3.05) is 11.5 Å². The van der Waals surface area contributed by atoms with Crippen LogP contribution in [0.4, 0.5) is 5.69 Å². The number of para-hydroxylation sites is 2. The first-order valence-electron chi connectivity index (χ1n) is 17.6. The zero-order valence-corrected chi connectivity index (χ0v) is 28.1. The van der Waals surface area contributed by atoms with Crippen molar-refractivity contribution in [3.63, 3.8) is 0 Å². The van der Waals surface area contributed by atoms with Crippen LogP contribution in [-0.4, -0.2) is 41.8 Å². The Hall–Kier alpha value is -5.44. The van der Waals surface area contributed by atoms with Gasteiger partial charge in [-0.3, -0.25) is 14.5 Å². The van der Waals surface area contributed by atoms with Crippen LogP contribution in [0.15, 0.2) is 139 Å². The average molecular weight is 676 g/mol. The average Bonchev–Trinajstić information content (AvgIpc) is 3.42. The van der Waals surface area contributed by atoms with E-state index in [1.807, 2.05) is 97.1 Å².